The Morgan fingerprint density at radius 3 is 2.50 bits per heavy atom. The summed E-state index contributed by atoms with van der Waals surface area (Å²) in [6.45, 7) is 3.41. The molecular formula is C15H24O3. The van der Waals surface area contributed by atoms with E-state index in [-0.39, 0.29) is 0 Å². The molecule has 0 aliphatic heterocycles. The quantitative estimate of drug-likeness (QED) is 0.224. The van der Waals surface area contributed by atoms with Crippen molar-refractivity contribution in [2.24, 2.45) is 0 Å². The van der Waals surface area contributed by atoms with E-state index in [1.54, 1.807) is 6.08 Å². The first-order valence-corrected chi connectivity index (χ1v) is 6.48. The number of rotatable bonds is 9. The van der Waals surface area contributed by atoms with Gasteiger partial charge in [-0.25, -0.2) is 0 Å². The summed E-state index contributed by atoms with van der Waals surface area (Å²) in [7, 11) is 0. The Labute approximate surface area is 110 Å². The smallest absolute Gasteiger partial charge is 0.304 e. The van der Waals surface area contributed by atoms with Gasteiger partial charge in [0.15, 0.2) is 0 Å². The number of unbranched alkanes of at least 4 members (excludes halogenated alkanes) is 2. The Balaban J connectivity index is 3.51. The van der Waals surface area contributed by atoms with E-state index in [0.29, 0.717) is 6.42 Å². The standard InChI is InChI=1S/C15H24O3/c1-3-4-5-6-7-8-9-10-11-12-13-15(17)18-14(2)16/h4-5,9-12,15,17H,3,6-8,13H2,1-2H3/b5-4+,10-9+,12-11+. The minimum Gasteiger partial charge on any atom is -0.436 e. The maximum atomic E-state index is 10.5. The van der Waals surface area contributed by atoms with Crippen LogP contribution >= 0.6 is 0 Å². The first-order valence-electron chi connectivity index (χ1n) is 6.48. The van der Waals surface area contributed by atoms with E-state index < -0.39 is 12.3 Å². The average Bonchev–Trinajstić information content (AvgIpc) is 2.30. The second-order valence-electron chi connectivity index (χ2n) is 3.97. The van der Waals surface area contributed by atoms with Gasteiger partial charge in [0.1, 0.15) is 0 Å². The van der Waals surface area contributed by atoms with Gasteiger partial charge >= 0.3 is 5.97 Å². The van der Waals surface area contributed by atoms with E-state index in [1.165, 1.54) is 6.92 Å². The Bertz CT molecular complexity index is 290. The molecule has 1 unspecified atom stereocenters. The Morgan fingerprint density at radius 1 is 1.17 bits per heavy atom. The van der Waals surface area contributed by atoms with Crippen molar-refractivity contribution in [1.29, 1.82) is 0 Å². The lowest BCUT2D eigenvalue weighted by Gasteiger charge is -2.06. The zero-order valence-corrected chi connectivity index (χ0v) is 11.3. The third-order valence-corrected chi connectivity index (χ3v) is 2.17. The van der Waals surface area contributed by atoms with Gasteiger partial charge < -0.3 is 9.84 Å². The molecule has 0 aromatic carbocycles. The zero-order valence-electron chi connectivity index (χ0n) is 11.3. The van der Waals surface area contributed by atoms with Gasteiger partial charge in [0.2, 0.25) is 6.29 Å². The molecule has 0 heterocycles. The fourth-order valence-electron chi connectivity index (χ4n) is 1.33. The summed E-state index contributed by atoms with van der Waals surface area (Å²) >= 11 is 0. The van der Waals surface area contributed by atoms with Crippen molar-refractivity contribution in [3.05, 3.63) is 36.5 Å². The van der Waals surface area contributed by atoms with Crippen LogP contribution in [0.15, 0.2) is 36.5 Å². The fourth-order valence-corrected chi connectivity index (χ4v) is 1.33. The van der Waals surface area contributed by atoms with E-state index in [4.69, 9.17) is 0 Å². The summed E-state index contributed by atoms with van der Waals surface area (Å²) < 4.78 is 4.57. The molecule has 0 aliphatic carbocycles. The summed E-state index contributed by atoms with van der Waals surface area (Å²) in [4.78, 5) is 10.5. The third-order valence-electron chi connectivity index (χ3n) is 2.17. The highest BCUT2D eigenvalue weighted by Crippen LogP contribution is 2.00. The molecule has 0 aromatic rings. The van der Waals surface area contributed by atoms with E-state index in [1.807, 2.05) is 12.2 Å². The first kappa shape index (κ1) is 16.6. The zero-order chi connectivity index (χ0) is 13.6. The van der Waals surface area contributed by atoms with Gasteiger partial charge in [0.25, 0.3) is 0 Å². The molecular weight excluding hydrogens is 228 g/mol. The SMILES string of the molecule is CC/C=C/CCC/C=C/C=C/CC(O)OC(C)=O. The van der Waals surface area contributed by atoms with E-state index in [0.717, 1.165) is 25.7 Å². The van der Waals surface area contributed by atoms with Gasteiger partial charge in [-0.2, -0.15) is 0 Å². The number of aliphatic hydroxyl groups excluding tert-OH is 1. The second kappa shape index (κ2) is 12.1. The molecule has 0 amide bonds. The van der Waals surface area contributed by atoms with Crippen LogP contribution in [0.3, 0.4) is 0 Å². The first-order chi connectivity index (χ1) is 8.66. The van der Waals surface area contributed by atoms with Gasteiger partial charge in [-0.1, -0.05) is 43.4 Å². The number of carbonyl (C=O) groups excluding carboxylic acids is 1. The van der Waals surface area contributed by atoms with Crippen molar-refractivity contribution in [3.63, 3.8) is 0 Å². The lowest BCUT2D eigenvalue weighted by atomic mass is 10.2. The molecule has 3 nitrogen and oxygen atoms in total. The summed E-state index contributed by atoms with van der Waals surface area (Å²) in [6.07, 6.45) is 15.8. The predicted octanol–water partition coefficient (Wildman–Crippen LogP) is 3.51. The highest BCUT2D eigenvalue weighted by molar-refractivity contribution is 5.66. The van der Waals surface area contributed by atoms with Crippen LogP contribution in [0.2, 0.25) is 0 Å². The molecule has 0 saturated carbocycles. The molecule has 0 fully saturated rings. The van der Waals surface area contributed by atoms with Crippen LogP contribution in [0.25, 0.3) is 0 Å². The lowest BCUT2D eigenvalue weighted by molar-refractivity contribution is -0.164. The van der Waals surface area contributed by atoms with Gasteiger partial charge in [-0.15, -0.1) is 0 Å². The van der Waals surface area contributed by atoms with Crippen LogP contribution in [0.4, 0.5) is 0 Å². The maximum Gasteiger partial charge on any atom is 0.304 e. The summed E-state index contributed by atoms with van der Waals surface area (Å²) in [6, 6.07) is 0. The molecule has 0 radical (unpaired) electrons. The van der Waals surface area contributed by atoms with Crippen molar-refractivity contribution in [1.82, 2.24) is 0 Å². The number of ether oxygens (including phenoxy) is 1. The molecule has 0 aromatic heterocycles. The average molecular weight is 252 g/mol. The van der Waals surface area contributed by atoms with E-state index in [2.05, 4.69) is 29.9 Å². The van der Waals surface area contributed by atoms with Crippen LogP contribution in [-0.2, 0) is 9.53 Å². The predicted molar refractivity (Wildman–Crippen MR) is 74.0 cm³/mol. The molecule has 102 valence electrons. The topological polar surface area (TPSA) is 46.5 Å². The number of allylic oxidation sites excluding steroid dienone is 5. The van der Waals surface area contributed by atoms with Crippen LogP contribution in [-0.4, -0.2) is 17.4 Å². The van der Waals surface area contributed by atoms with Crippen molar-refractivity contribution in [2.45, 2.75) is 52.2 Å². The minimum absolute atomic E-state index is 0.323. The van der Waals surface area contributed by atoms with E-state index in [9.17, 15) is 9.90 Å². The Morgan fingerprint density at radius 2 is 1.83 bits per heavy atom. The third kappa shape index (κ3) is 12.7. The molecule has 0 saturated heterocycles. The van der Waals surface area contributed by atoms with Crippen LogP contribution in [0.5, 0.6) is 0 Å². The summed E-state index contributed by atoms with van der Waals surface area (Å²) in [5, 5.41) is 9.22. The number of hydrogen-bond acceptors (Lipinski definition) is 3. The van der Waals surface area contributed by atoms with E-state index >= 15 is 0 Å². The maximum absolute atomic E-state index is 10.5. The second-order valence-corrected chi connectivity index (χ2v) is 3.97. The number of carbonyl (C=O) groups is 1. The van der Waals surface area contributed by atoms with Crippen LogP contribution < -0.4 is 0 Å². The largest absolute Gasteiger partial charge is 0.436 e. The number of esters is 1. The van der Waals surface area contributed by atoms with Gasteiger partial charge in [-0.05, 0) is 25.7 Å². The number of aliphatic hydroxyl groups is 1. The summed E-state index contributed by atoms with van der Waals surface area (Å²) in [5.41, 5.74) is 0. The molecule has 1 atom stereocenters. The molecule has 0 spiro atoms. The molecule has 18 heavy (non-hydrogen) atoms. The molecule has 1 N–H and O–H groups in total. The molecule has 0 rings (SSSR count). The van der Waals surface area contributed by atoms with Crippen molar-refractivity contribution < 1.29 is 14.6 Å². The Kier molecular flexibility index (Phi) is 11.2. The van der Waals surface area contributed by atoms with Crippen molar-refractivity contribution in [2.75, 3.05) is 0 Å². The van der Waals surface area contributed by atoms with Crippen LogP contribution in [0, 0.1) is 0 Å². The fraction of sp³-hybridized carbons (Fsp3) is 0.533. The lowest BCUT2D eigenvalue weighted by Crippen LogP contribution is -2.13. The van der Waals surface area contributed by atoms with Gasteiger partial charge in [0, 0.05) is 13.3 Å². The Hall–Kier alpha value is -1.35. The number of hydrogen-bond donors (Lipinski definition) is 1. The minimum atomic E-state index is -1.04. The van der Waals surface area contributed by atoms with Gasteiger partial charge in [0.05, 0.1) is 0 Å². The van der Waals surface area contributed by atoms with Crippen molar-refractivity contribution >= 4 is 5.97 Å². The highest BCUT2D eigenvalue weighted by Gasteiger charge is 2.02. The molecule has 3 heteroatoms. The molecule has 0 aliphatic rings. The summed E-state index contributed by atoms with van der Waals surface area (Å²) in [5.74, 6) is -0.466. The molecule has 0 bridgehead atoms. The van der Waals surface area contributed by atoms with Crippen LogP contribution in [0.1, 0.15) is 46.0 Å². The normalized spacial score (nSPS) is 13.7. The van der Waals surface area contributed by atoms with Gasteiger partial charge in [-0.3, -0.25) is 4.79 Å². The van der Waals surface area contributed by atoms with Crippen molar-refractivity contribution in [3.8, 4) is 0 Å². The monoisotopic (exact) mass is 252 g/mol. The highest BCUT2D eigenvalue weighted by atomic mass is 16.6.